The number of hydrogen-bond donors (Lipinski definition) is 0. The van der Waals surface area contributed by atoms with Gasteiger partial charge < -0.3 is 14.4 Å². The first-order valence-electron chi connectivity index (χ1n) is 8.16. The zero-order chi connectivity index (χ0) is 17.2. The van der Waals surface area contributed by atoms with Crippen LogP contribution in [0.2, 0.25) is 0 Å². The Morgan fingerprint density at radius 2 is 1.62 bits per heavy atom. The molecule has 1 aliphatic heterocycles. The van der Waals surface area contributed by atoms with Gasteiger partial charge in [-0.05, 0) is 31.5 Å². The third-order valence-electron chi connectivity index (χ3n) is 4.41. The van der Waals surface area contributed by atoms with Crippen molar-refractivity contribution in [1.29, 1.82) is 0 Å². The van der Waals surface area contributed by atoms with Crippen LogP contribution in [0, 0.1) is 0 Å². The molecule has 1 saturated heterocycles. The van der Waals surface area contributed by atoms with E-state index in [1.165, 1.54) is 0 Å². The summed E-state index contributed by atoms with van der Waals surface area (Å²) in [6.45, 7) is 4.33. The monoisotopic (exact) mass is 325 g/mol. The molecule has 1 amide bonds. The second kappa shape index (κ2) is 6.75. The van der Waals surface area contributed by atoms with E-state index in [1.54, 1.807) is 7.11 Å². The van der Waals surface area contributed by atoms with Crippen LogP contribution in [0.1, 0.15) is 35.8 Å². The van der Waals surface area contributed by atoms with E-state index in [4.69, 9.17) is 9.47 Å². The number of carbonyl (C=O) groups is 1. The predicted molar refractivity (Wildman–Crippen MR) is 92.6 cm³/mol. The summed E-state index contributed by atoms with van der Waals surface area (Å²) < 4.78 is 11.5. The van der Waals surface area contributed by atoms with Gasteiger partial charge in [0.25, 0.3) is 5.91 Å². The highest BCUT2D eigenvalue weighted by molar-refractivity contribution is 5.95. The first-order chi connectivity index (χ1) is 11.5. The van der Waals surface area contributed by atoms with Gasteiger partial charge in [-0.2, -0.15) is 0 Å². The standard InChI is InChI=1S/C20H23NO3/c1-20(2,23-3)24-17-14-21(18(17)15-10-6-4-7-11-15)19(22)16-12-8-5-9-13-16/h4-13,17-18H,14H2,1-3H3/t17-,18-/m1/s1. The highest BCUT2D eigenvalue weighted by atomic mass is 16.7. The molecule has 0 N–H and O–H groups in total. The molecule has 0 unspecified atom stereocenters. The molecule has 0 spiro atoms. The summed E-state index contributed by atoms with van der Waals surface area (Å²) in [6, 6.07) is 19.3. The molecule has 0 bridgehead atoms. The average Bonchev–Trinajstić information content (AvgIpc) is 2.59. The molecule has 2 atom stereocenters. The molecular formula is C20H23NO3. The molecule has 1 fully saturated rings. The molecule has 24 heavy (non-hydrogen) atoms. The van der Waals surface area contributed by atoms with Crippen LogP contribution in [0.3, 0.4) is 0 Å². The van der Waals surface area contributed by atoms with Crippen LogP contribution >= 0.6 is 0 Å². The topological polar surface area (TPSA) is 38.8 Å². The number of ether oxygens (including phenoxy) is 2. The largest absolute Gasteiger partial charge is 0.354 e. The summed E-state index contributed by atoms with van der Waals surface area (Å²) >= 11 is 0. The Kier molecular flexibility index (Phi) is 4.69. The van der Waals surface area contributed by atoms with Gasteiger partial charge in [0, 0.05) is 12.7 Å². The Bertz CT molecular complexity index is 685. The van der Waals surface area contributed by atoms with E-state index in [-0.39, 0.29) is 18.1 Å². The maximum absolute atomic E-state index is 12.8. The number of amides is 1. The lowest BCUT2D eigenvalue weighted by Gasteiger charge is -2.50. The maximum atomic E-state index is 12.8. The van der Waals surface area contributed by atoms with Crippen LogP contribution in [0.5, 0.6) is 0 Å². The van der Waals surface area contributed by atoms with Crippen LogP contribution in [0.4, 0.5) is 0 Å². The van der Waals surface area contributed by atoms with Gasteiger partial charge in [-0.25, -0.2) is 0 Å². The molecule has 126 valence electrons. The van der Waals surface area contributed by atoms with Crippen molar-refractivity contribution < 1.29 is 14.3 Å². The Balaban J connectivity index is 1.84. The second-order valence-corrected chi connectivity index (χ2v) is 6.44. The van der Waals surface area contributed by atoms with Crippen molar-refractivity contribution in [2.24, 2.45) is 0 Å². The Hall–Kier alpha value is -2.17. The summed E-state index contributed by atoms with van der Waals surface area (Å²) in [5.74, 6) is -0.654. The molecule has 0 aliphatic carbocycles. The van der Waals surface area contributed by atoms with Gasteiger partial charge in [-0.3, -0.25) is 4.79 Å². The van der Waals surface area contributed by atoms with Gasteiger partial charge in [0.1, 0.15) is 6.10 Å². The van der Waals surface area contributed by atoms with Crippen LogP contribution < -0.4 is 0 Å². The van der Waals surface area contributed by atoms with Crippen LogP contribution in [0.15, 0.2) is 60.7 Å². The van der Waals surface area contributed by atoms with Crippen molar-refractivity contribution in [2.45, 2.75) is 31.8 Å². The van der Waals surface area contributed by atoms with Crippen LogP contribution in [0.25, 0.3) is 0 Å². The van der Waals surface area contributed by atoms with Crippen LogP contribution in [-0.4, -0.2) is 36.4 Å². The summed E-state index contributed by atoms with van der Waals surface area (Å²) in [5, 5.41) is 0. The number of rotatable bonds is 5. The van der Waals surface area contributed by atoms with E-state index >= 15 is 0 Å². The zero-order valence-corrected chi connectivity index (χ0v) is 14.3. The number of benzene rings is 2. The lowest BCUT2D eigenvalue weighted by molar-refractivity contribution is -0.256. The number of methoxy groups -OCH3 is 1. The summed E-state index contributed by atoms with van der Waals surface area (Å²) in [4.78, 5) is 14.7. The maximum Gasteiger partial charge on any atom is 0.254 e. The quantitative estimate of drug-likeness (QED) is 0.788. The van der Waals surface area contributed by atoms with Gasteiger partial charge in [0.2, 0.25) is 0 Å². The highest BCUT2D eigenvalue weighted by Gasteiger charge is 2.46. The normalized spacial score (nSPS) is 20.5. The fourth-order valence-corrected chi connectivity index (χ4v) is 2.98. The van der Waals surface area contributed by atoms with Crippen molar-refractivity contribution in [1.82, 2.24) is 4.90 Å². The van der Waals surface area contributed by atoms with Gasteiger partial charge in [0.05, 0.1) is 12.6 Å². The molecule has 1 heterocycles. The Morgan fingerprint density at radius 1 is 1.04 bits per heavy atom. The lowest BCUT2D eigenvalue weighted by Crippen LogP contribution is -2.59. The first-order valence-corrected chi connectivity index (χ1v) is 8.16. The van der Waals surface area contributed by atoms with E-state index in [0.29, 0.717) is 12.1 Å². The van der Waals surface area contributed by atoms with E-state index < -0.39 is 5.79 Å². The average molecular weight is 325 g/mol. The SMILES string of the molecule is COC(C)(C)O[C@@H]1CN(C(=O)c2ccccc2)[C@@H]1c1ccccc1. The number of nitrogens with zero attached hydrogens (tertiary/aromatic N) is 1. The van der Waals surface area contributed by atoms with E-state index in [9.17, 15) is 4.79 Å². The minimum absolute atomic E-state index is 0.0273. The first kappa shape index (κ1) is 16.7. The van der Waals surface area contributed by atoms with Gasteiger partial charge in [-0.1, -0.05) is 48.5 Å². The summed E-state index contributed by atoms with van der Waals surface area (Å²) in [5.41, 5.74) is 1.77. The minimum Gasteiger partial charge on any atom is -0.354 e. The molecule has 0 aromatic heterocycles. The van der Waals surface area contributed by atoms with E-state index in [2.05, 4.69) is 0 Å². The van der Waals surface area contributed by atoms with Crippen molar-refractivity contribution in [2.75, 3.05) is 13.7 Å². The lowest BCUT2D eigenvalue weighted by atomic mass is 9.90. The molecule has 4 nitrogen and oxygen atoms in total. The van der Waals surface area contributed by atoms with Crippen LogP contribution in [-0.2, 0) is 9.47 Å². The minimum atomic E-state index is -0.681. The molecular weight excluding hydrogens is 302 g/mol. The third kappa shape index (κ3) is 3.35. The number of hydrogen-bond acceptors (Lipinski definition) is 3. The second-order valence-electron chi connectivity index (χ2n) is 6.44. The number of likely N-dealkylation sites (tertiary alicyclic amines) is 1. The summed E-state index contributed by atoms with van der Waals surface area (Å²) in [7, 11) is 1.63. The molecule has 2 aromatic rings. The van der Waals surface area contributed by atoms with Crippen molar-refractivity contribution in [3.63, 3.8) is 0 Å². The Morgan fingerprint density at radius 3 is 2.21 bits per heavy atom. The molecule has 0 saturated carbocycles. The van der Waals surface area contributed by atoms with Crippen molar-refractivity contribution in [3.8, 4) is 0 Å². The van der Waals surface area contributed by atoms with E-state index in [1.807, 2.05) is 79.4 Å². The van der Waals surface area contributed by atoms with Crippen molar-refractivity contribution in [3.05, 3.63) is 71.8 Å². The van der Waals surface area contributed by atoms with Gasteiger partial charge >= 0.3 is 0 Å². The molecule has 4 heteroatoms. The van der Waals surface area contributed by atoms with Gasteiger partial charge in [-0.15, -0.1) is 0 Å². The zero-order valence-electron chi connectivity index (χ0n) is 14.3. The molecule has 2 aromatic carbocycles. The summed E-state index contributed by atoms with van der Waals surface area (Å²) in [6.07, 6.45) is -0.0880. The van der Waals surface area contributed by atoms with E-state index in [0.717, 1.165) is 5.56 Å². The van der Waals surface area contributed by atoms with Crippen molar-refractivity contribution >= 4 is 5.91 Å². The fourth-order valence-electron chi connectivity index (χ4n) is 2.98. The predicted octanol–water partition coefficient (Wildman–Crippen LogP) is 3.65. The number of carbonyl (C=O) groups excluding carboxylic acids is 1. The Labute approximate surface area is 143 Å². The highest BCUT2D eigenvalue weighted by Crippen LogP contribution is 2.38. The molecule has 0 radical (unpaired) electrons. The third-order valence-corrected chi connectivity index (χ3v) is 4.41. The smallest absolute Gasteiger partial charge is 0.254 e. The van der Waals surface area contributed by atoms with Gasteiger partial charge in [0.15, 0.2) is 5.79 Å². The fraction of sp³-hybridized carbons (Fsp3) is 0.350. The molecule has 1 aliphatic rings. The molecule has 3 rings (SSSR count).